The fourth-order valence-electron chi connectivity index (χ4n) is 9.89. The van der Waals surface area contributed by atoms with Crippen molar-refractivity contribution < 1.29 is 87.8 Å². The first kappa shape index (κ1) is 59.9. The Labute approximate surface area is 462 Å². The Morgan fingerprint density at radius 1 is 0.608 bits per heavy atom. The van der Waals surface area contributed by atoms with Crippen LogP contribution in [-0.4, -0.2) is 195 Å². The molecule has 32 heteroatoms. The molecule has 0 radical (unpaired) electrons. The van der Waals surface area contributed by atoms with Crippen molar-refractivity contribution in [3.8, 4) is 0 Å². The van der Waals surface area contributed by atoms with Crippen molar-refractivity contribution >= 4 is 72.1 Å². The number of nitrogens with zero attached hydrogens (tertiary/aromatic N) is 8. The van der Waals surface area contributed by atoms with Crippen molar-refractivity contribution in [2.75, 3.05) is 56.9 Å². The lowest BCUT2D eigenvalue weighted by atomic mass is 10.1. The van der Waals surface area contributed by atoms with Gasteiger partial charge in [0, 0.05) is 18.7 Å². The van der Waals surface area contributed by atoms with E-state index in [1.165, 1.54) is 21.8 Å². The number of aliphatic hydroxyl groups excluding tert-OH is 6. The van der Waals surface area contributed by atoms with Gasteiger partial charge in [-0.3, -0.25) is 9.13 Å². The molecule has 3 saturated carbocycles. The van der Waals surface area contributed by atoms with Crippen LogP contribution in [0, 0.1) is 5.92 Å². The Bertz CT molecular complexity index is 2930. The average Bonchev–Trinajstić information content (AvgIpc) is 4.28. The number of ether oxygens (including phenoxy) is 6. The number of rotatable bonds is 24. The summed E-state index contributed by atoms with van der Waals surface area (Å²) in [6, 6.07) is 9.42. The lowest BCUT2D eigenvalue weighted by Gasteiger charge is -2.33. The molecule has 0 spiro atoms. The fourth-order valence-corrected chi connectivity index (χ4v) is 11.6. The number of halogens is 2. The Hall–Kier alpha value is -3.68. The molecular formula is C47H66Cl2N10O18P2. The van der Waals surface area contributed by atoms with Crippen LogP contribution in [0.3, 0.4) is 0 Å². The van der Waals surface area contributed by atoms with Gasteiger partial charge in [-0.25, -0.2) is 9.36 Å². The van der Waals surface area contributed by atoms with Crippen LogP contribution >= 0.6 is 38.4 Å². The summed E-state index contributed by atoms with van der Waals surface area (Å²) in [5, 5.41) is 74.5. The highest BCUT2D eigenvalue weighted by atomic mass is 35.5. The molecule has 436 valence electrons. The summed E-state index contributed by atoms with van der Waals surface area (Å²) in [5.74, 6) is 1.33. The first-order valence-electron chi connectivity index (χ1n) is 25.9. The first-order chi connectivity index (χ1) is 37.7. The number of nitrogens with one attached hydrogen (secondary N) is 2. The predicted molar refractivity (Wildman–Crippen MR) is 280 cm³/mol. The summed E-state index contributed by atoms with van der Waals surface area (Å²) in [5.41, 5.74) is 1.29. The average molecular weight is 1190 g/mol. The summed E-state index contributed by atoms with van der Waals surface area (Å²) >= 11 is 12.4. The number of aliphatic hydroxyl groups is 6. The van der Waals surface area contributed by atoms with E-state index in [4.69, 9.17) is 51.6 Å². The maximum atomic E-state index is 12.4. The van der Waals surface area contributed by atoms with Gasteiger partial charge in [-0.1, -0.05) is 56.0 Å². The van der Waals surface area contributed by atoms with Crippen LogP contribution in [0.2, 0.25) is 10.6 Å². The minimum atomic E-state index is -5.09. The molecule has 6 heterocycles. The van der Waals surface area contributed by atoms with Gasteiger partial charge in [0.1, 0.15) is 48.3 Å². The third-order valence-electron chi connectivity index (χ3n) is 14.8. The van der Waals surface area contributed by atoms with Gasteiger partial charge in [0.15, 0.2) is 23.8 Å². The normalized spacial score (nSPS) is 26.6. The molecule has 28 nitrogen and oxygen atoms in total. The monoisotopic (exact) mass is 1190 g/mol. The third kappa shape index (κ3) is 13.6. The SMILES string of the molecule is O=P(O)(O)[C@@](CO)(COCC1CC1)OC[C@H]1O[C@@H](n2ncc3c(NC4CCCC4)nc(Cl)nc32)[C@H](O)[C@@H]1O.O=P(O)(O)[C@@](CO)(COCc1ccccc1)OC[C@H]1O[C@@H](n2ncc3c(NC4CCCC4)nc(Cl)nc32)[C@H](O)[C@@H]1O. The van der Waals surface area contributed by atoms with E-state index < -0.39 is 115 Å². The van der Waals surface area contributed by atoms with E-state index in [2.05, 4.69) is 40.8 Å². The number of hydrogen-bond donors (Lipinski definition) is 12. The zero-order chi connectivity index (χ0) is 56.3. The molecule has 2 aliphatic heterocycles. The Kier molecular flexibility index (Phi) is 19.3. The van der Waals surface area contributed by atoms with Crippen LogP contribution in [0.25, 0.3) is 22.1 Å². The van der Waals surface area contributed by atoms with Crippen molar-refractivity contribution in [2.24, 2.45) is 5.92 Å². The first-order valence-corrected chi connectivity index (χ1v) is 29.9. The van der Waals surface area contributed by atoms with Crippen LogP contribution in [0.4, 0.5) is 11.6 Å². The van der Waals surface area contributed by atoms with Gasteiger partial charge in [-0.05, 0) is 73.2 Å². The maximum absolute atomic E-state index is 12.4. The van der Waals surface area contributed by atoms with Gasteiger partial charge < -0.3 is 89.3 Å². The molecule has 0 unspecified atom stereocenters. The number of fused-ring (bicyclic) bond motifs is 2. The van der Waals surface area contributed by atoms with Gasteiger partial charge in [-0.2, -0.15) is 30.1 Å². The minimum absolute atomic E-state index is 0.0175. The molecule has 79 heavy (non-hydrogen) atoms. The Morgan fingerprint density at radius 3 is 1.44 bits per heavy atom. The van der Waals surface area contributed by atoms with E-state index in [1.54, 1.807) is 24.3 Å². The second kappa shape index (κ2) is 25.4. The quantitative estimate of drug-likeness (QED) is 0.0311. The van der Waals surface area contributed by atoms with Gasteiger partial charge in [0.25, 0.3) is 0 Å². The van der Waals surface area contributed by atoms with E-state index in [1.807, 2.05) is 6.07 Å². The number of aromatic nitrogens is 8. The van der Waals surface area contributed by atoms with Gasteiger partial charge >= 0.3 is 15.2 Å². The summed E-state index contributed by atoms with van der Waals surface area (Å²) in [6.45, 7) is -4.10. The largest absolute Gasteiger partial charge is 0.393 e. The fraction of sp³-hybridized carbons (Fsp3) is 0.660. The second-order valence-electron chi connectivity index (χ2n) is 20.5. The van der Waals surface area contributed by atoms with Crippen LogP contribution in [-0.2, 0) is 44.2 Å². The lowest BCUT2D eigenvalue weighted by Crippen LogP contribution is -2.45. The minimum Gasteiger partial charge on any atom is -0.393 e. The topological polar surface area (TPSA) is 403 Å². The Balaban J connectivity index is 0.000000192. The molecule has 0 bridgehead atoms. The predicted octanol–water partition coefficient (Wildman–Crippen LogP) is 2.32. The lowest BCUT2D eigenvalue weighted by molar-refractivity contribution is -0.131. The standard InChI is InChI=1S/C25H33ClN5O9P.C22H33ClN5O9P/c26-24-29-21(28-16-8-4-5-9-16)17-10-27-31(22(17)30-24)23-20(34)19(33)18(40-23)12-39-25(13-32,41(35,36)37)14-38-11-15-6-2-1-3-7-15;23-21-26-18(25-13-3-1-2-4-13)14-7-24-28(19(14)27-21)20-17(31)16(30)15(37-20)9-36-22(10-29,38(32,33)34)11-35-8-12-5-6-12/h1-3,6-7,10,16,18-20,23,32-34H,4-5,8-9,11-14H2,(H,28,29,30)(H2,35,36,37);7,12-13,15-17,20,29-31H,1-6,8-11H2,(H,25,26,27)(H2,32,33,34)/t18-,19-,20-,23-,25+;15-,16-,17-,20-,22+/m11/s1. The van der Waals surface area contributed by atoms with Crippen LogP contribution in [0.15, 0.2) is 42.7 Å². The molecule has 0 amide bonds. The highest BCUT2D eigenvalue weighted by molar-refractivity contribution is 7.53. The van der Waals surface area contributed by atoms with E-state index in [-0.39, 0.29) is 40.6 Å². The van der Waals surface area contributed by atoms with Gasteiger partial charge in [0.2, 0.25) is 21.3 Å². The molecule has 10 rings (SSSR count). The van der Waals surface area contributed by atoms with Crippen molar-refractivity contribution in [1.82, 2.24) is 39.5 Å². The van der Waals surface area contributed by atoms with Gasteiger partial charge in [-0.15, -0.1) is 0 Å². The number of hydrogen-bond acceptors (Lipinski definition) is 22. The van der Waals surface area contributed by atoms with E-state index in [9.17, 15) is 59.3 Å². The zero-order valence-corrected chi connectivity index (χ0v) is 45.9. The van der Waals surface area contributed by atoms with Crippen LogP contribution in [0.5, 0.6) is 0 Å². The third-order valence-corrected chi connectivity index (χ3v) is 18.1. The molecule has 5 aromatic rings. The smallest absolute Gasteiger partial charge is 0.361 e. The molecule has 5 fully saturated rings. The van der Waals surface area contributed by atoms with Crippen molar-refractivity contribution in [3.63, 3.8) is 0 Å². The summed E-state index contributed by atoms with van der Waals surface area (Å²) < 4.78 is 60.8. The molecule has 2 saturated heterocycles. The zero-order valence-electron chi connectivity index (χ0n) is 42.6. The van der Waals surface area contributed by atoms with Gasteiger partial charge in [0.05, 0.1) is 69.4 Å². The summed E-state index contributed by atoms with van der Waals surface area (Å²) in [6.07, 6.45) is 2.56. The second-order valence-corrected chi connectivity index (χ2v) is 25.0. The van der Waals surface area contributed by atoms with E-state index in [0.717, 1.165) is 69.8 Å². The molecule has 5 aliphatic rings. The summed E-state index contributed by atoms with van der Waals surface area (Å²) in [4.78, 5) is 57.0. The molecule has 10 atom stereocenters. The van der Waals surface area contributed by atoms with E-state index >= 15 is 0 Å². The van der Waals surface area contributed by atoms with Crippen molar-refractivity contribution in [1.29, 1.82) is 0 Å². The molecule has 3 aliphatic carbocycles. The highest BCUT2D eigenvalue weighted by Gasteiger charge is 2.53. The van der Waals surface area contributed by atoms with Crippen molar-refractivity contribution in [3.05, 3.63) is 58.9 Å². The molecule has 4 aromatic heterocycles. The molecule has 1 aromatic carbocycles. The summed E-state index contributed by atoms with van der Waals surface area (Å²) in [7, 11) is -10.1. The highest BCUT2D eigenvalue weighted by Crippen LogP contribution is 2.53. The maximum Gasteiger partial charge on any atom is 0.361 e. The van der Waals surface area contributed by atoms with Crippen molar-refractivity contribution in [2.45, 2.75) is 143 Å². The molecular weight excluding hydrogens is 1130 g/mol. The van der Waals surface area contributed by atoms with E-state index in [0.29, 0.717) is 34.9 Å². The Morgan fingerprint density at radius 2 is 1.04 bits per heavy atom. The van der Waals surface area contributed by atoms with Crippen LogP contribution < -0.4 is 10.6 Å². The molecule has 12 N–H and O–H groups in total. The van der Waals surface area contributed by atoms with Crippen LogP contribution in [0.1, 0.15) is 82.2 Å². The number of anilines is 2. The number of benzene rings is 1.